The average Bonchev–Trinajstić information content (AvgIpc) is 2.80. The maximum atomic E-state index is 2.34. The van der Waals surface area contributed by atoms with E-state index in [9.17, 15) is 0 Å². The summed E-state index contributed by atoms with van der Waals surface area (Å²) in [6.45, 7) is 2.34. The van der Waals surface area contributed by atoms with Crippen molar-refractivity contribution >= 4 is 7.26 Å². The first kappa shape index (κ1) is 24.1. The molecule has 0 heterocycles. The molecule has 3 aliphatic rings. The van der Waals surface area contributed by atoms with Crippen LogP contribution in [0.4, 0.5) is 0 Å². The van der Waals surface area contributed by atoms with E-state index in [-0.39, 0.29) is 0 Å². The van der Waals surface area contributed by atoms with Crippen molar-refractivity contribution in [3.63, 3.8) is 0 Å². The van der Waals surface area contributed by atoms with E-state index in [0.717, 1.165) is 0 Å². The molecule has 0 unspecified atom stereocenters. The SMILES string of the molecule is CCCCCCCCCC[PH](C1CCCCC1)(C1CCCCC1)C1CCCCC1. The fraction of sp³-hybridized carbons (Fsp3) is 1.00. The Morgan fingerprint density at radius 1 is 0.448 bits per heavy atom. The zero-order chi connectivity index (χ0) is 20.2. The minimum atomic E-state index is -1.17. The fourth-order valence-electron chi connectivity index (χ4n) is 8.10. The standard InChI is InChI=1S/C28H55P/c1-2-3-4-5-6-7-8-18-25-29(26-19-12-9-13-20-26,27-21-14-10-15-22-27)28-23-16-11-17-24-28/h26-29H,2-25H2,1H3. The first-order valence-corrected chi connectivity index (χ1v) is 16.8. The second-order valence-corrected chi connectivity index (χ2v) is 16.5. The summed E-state index contributed by atoms with van der Waals surface area (Å²) in [6.07, 6.45) is 37.8. The monoisotopic (exact) mass is 422 g/mol. The molecule has 1 heteroatoms. The van der Waals surface area contributed by atoms with Crippen molar-refractivity contribution in [3.8, 4) is 0 Å². The third-order valence-electron chi connectivity index (χ3n) is 9.56. The Kier molecular flexibility index (Phi) is 11.4. The minimum absolute atomic E-state index is 1.17. The van der Waals surface area contributed by atoms with Crippen molar-refractivity contribution in [3.05, 3.63) is 0 Å². The summed E-state index contributed by atoms with van der Waals surface area (Å²) in [7, 11) is -1.17. The molecule has 0 aromatic heterocycles. The number of rotatable bonds is 12. The number of unbranched alkanes of at least 4 members (excludes halogenated alkanes) is 7. The molecule has 0 amide bonds. The van der Waals surface area contributed by atoms with Gasteiger partial charge in [0, 0.05) is 0 Å². The van der Waals surface area contributed by atoms with Gasteiger partial charge in [-0.25, -0.2) is 0 Å². The van der Waals surface area contributed by atoms with E-state index in [4.69, 9.17) is 0 Å². The normalized spacial score (nSPS) is 24.0. The molecular formula is C28H55P. The Balaban J connectivity index is 1.64. The summed E-state index contributed by atoms with van der Waals surface area (Å²) in [5.41, 5.74) is 3.69. The predicted octanol–water partition coefficient (Wildman–Crippen LogP) is 9.88. The molecule has 3 rings (SSSR count). The molecule has 0 saturated heterocycles. The van der Waals surface area contributed by atoms with Gasteiger partial charge in [-0.15, -0.1) is 0 Å². The summed E-state index contributed by atoms with van der Waals surface area (Å²) >= 11 is 0. The van der Waals surface area contributed by atoms with Gasteiger partial charge in [0.2, 0.25) is 0 Å². The van der Waals surface area contributed by atoms with Crippen molar-refractivity contribution in [2.24, 2.45) is 0 Å². The van der Waals surface area contributed by atoms with Crippen molar-refractivity contribution in [2.45, 2.75) is 172 Å². The Morgan fingerprint density at radius 2 is 0.793 bits per heavy atom. The van der Waals surface area contributed by atoms with Crippen LogP contribution >= 0.6 is 7.26 Å². The van der Waals surface area contributed by atoms with Crippen LogP contribution in [0, 0.1) is 0 Å². The molecule has 172 valence electrons. The Labute approximate surface area is 185 Å². The molecule has 0 bridgehead atoms. The van der Waals surface area contributed by atoms with Crippen LogP contribution in [0.3, 0.4) is 0 Å². The summed E-state index contributed by atoms with van der Waals surface area (Å²) in [6, 6.07) is 0. The number of hydrogen-bond acceptors (Lipinski definition) is 0. The number of hydrogen-bond donors (Lipinski definition) is 0. The summed E-state index contributed by atoms with van der Waals surface area (Å²) in [5.74, 6) is 0. The van der Waals surface area contributed by atoms with E-state index in [1.807, 2.05) is 0 Å². The molecule has 0 N–H and O–H groups in total. The van der Waals surface area contributed by atoms with Gasteiger partial charge in [-0.3, -0.25) is 0 Å². The van der Waals surface area contributed by atoms with Crippen LogP contribution in [0.15, 0.2) is 0 Å². The van der Waals surface area contributed by atoms with Crippen molar-refractivity contribution in [1.82, 2.24) is 0 Å². The summed E-state index contributed by atoms with van der Waals surface area (Å²) in [5, 5.41) is 0. The van der Waals surface area contributed by atoms with Crippen LogP contribution < -0.4 is 0 Å². The van der Waals surface area contributed by atoms with Crippen LogP contribution in [0.1, 0.15) is 155 Å². The first-order chi connectivity index (χ1) is 14.4. The molecule has 0 aromatic rings. The molecule has 3 fully saturated rings. The molecule has 0 aromatic carbocycles. The third-order valence-corrected chi connectivity index (χ3v) is 17.1. The van der Waals surface area contributed by atoms with E-state index in [0.29, 0.717) is 0 Å². The van der Waals surface area contributed by atoms with Gasteiger partial charge in [0.1, 0.15) is 0 Å². The Hall–Kier alpha value is 0.430. The first-order valence-electron chi connectivity index (χ1n) is 14.4. The molecular weight excluding hydrogens is 367 g/mol. The van der Waals surface area contributed by atoms with Crippen molar-refractivity contribution < 1.29 is 0 Å². The van der Waals surface area contributed by atoms with Gasteiger partial charge in [0.25, 0.3) is 0 Å². The van der Waals surface area contributed by atoms with Crippen molar-refractivity contribution in [2.75, 3.05) is 6.16 Å². The second kappa shape index (κ2) is 13.8. The van der Waals surface area contributed by atoms with Gasteiger partial charge in [-0.1, -0.05) is 0 Å². The predicted molar refractivity (Wildman–Crippen MR) is 136 cm³/mol. The van der Waals surface area contributed by atoms with Crippen LogP contribution in [0.2, 0.25) is 0 Å². The zero-order valence-corrected chi connectivity index (χ0v) is 21.2. The summed E-state index contributed by atoms with van der Waals surface area (Å²) in [4.78, 5) is 0. The van der Waals surface area contributed by atoms with Gasteiger partial charge >= 0.3 is 185 Å². The van der Waals surface area contributed by atoms with E-state index in [1.54, 1.807) is 115 Å². The van der Waals surface area contributed by atoms with Crippen LogP contribution in [0.5, 0.6) is 0 Å². The molecule has 0 aliphatic heterocycles. The fourth-order valence-corrected chi connectivity index (χ4v) is 16.6. The molecule has 0 radical (unpaired) electrons. The van der Waals surface area contributed by atoms with Crippen LogP contribution in [-0.2, 0) is 0 Å². The molecule has 3 aliphatic carbocycles. The van der Waals surface area contributed by atoms with E-state index in [1.165, 1.54) is 55.5 Å². The Bertz CT molecular complexity index is 353. The van der Waals surface area contributed by atoms with Gasteiger partial charge < -0.3 is 0 Å². The van der Waals surface area contributed by atoms with Crippen LogP contribution in [0.25, 0.3) is 0 Å². The van der Waals surface area contributed by atoms with E-state index < -0.39 is 7.26 Å². The van der Waals surface area contributed by atoms with Gasteiger partial charge in [0.05, 0.1) is 0 Å². The van der Waals surface area contributed by atoms with Gasteiger partial charge in [-0.2, -0.15) is 0 Å². The molecule has 0 atom stereocenters. The Morgan fingerprint density at radius 3 is 1.17 bits per heavy atom. The van der Waals surface area contributed by atoms with Crippen LogP contribution in [-0.4, -0.2) is 23.1 Å². The van der Waals surface area contributed by atoms with Gasteiger partial charge in [0.15, 0.2) is 0 Å². The summed E-state index contributed by atoms with van der Waals surface area (Å²) < 4.78 is 0. The second-order valence-electron chi connectivity index (χ2n) is 11.3. The zero-order valence-electron chi connectivity index (χ0n) is 20.2. The van der Waals surface area contributed by atoms with Gasteiger partial charge in [-0.05, 0) is 0 Å². The maximum absolute atomic E-state index is 2.34. The third kappa shape index (κ3) is 6.96. The molecule has 0 nitrogen and oxygen atoms in total. The molecule has 29 heavy (non-hydrogen) atoms. The van der Waals surface area contributed by atoms with E-state index >= 15 is 0 Å². The average molecular weight is 423 g/mol. The quantitative estimate of drug-likeness (QED) is 0.217. The molecule has 3 saturated carbocycles. The van der Waals surface area contributed by atoms with E-state index in [2.05, 4.69) is 6.92 Å². The van der Waals surface area contributed by atoms with Crippen molar-refractivity contribution in [1.29, 1.82) is 0 Å². The molecule has 0 spiro atoms. The topological polar surface area (TPSA) is 0 Å².